The van der Waals surface area contributed by atoms with Crippen LogP contribution in [0.1, 0.15) is 18.1 Å². The molecular formula is C20H16N2O8. The van der Waals surface area contributed by atoms with E-state index in [0.717, 1.165) is 0 Å². The van der Waals surface area contributed by atoms with Crippen molar-refractivity contribution in [3.8, 4) is 17.2 Å². The van der Waals surface area contributed by atoms with Crippen LogP contribution in [-0.4, -0.2) is 37.0 Å². The molecule has 0 unspecified atom stereocenters. The molecule has 0 bridgehead atoms. The Morgan fingerprint density at radius 1 is 1.10 bits per heavy atom. The number of hydrogen-bond acceptors (Lipinski definition) is 9. The van der Waals surface area contributed by atoms with Crippen molar-refractivity contribution in [1.82, 2.24) is 0 Å². The van der Waals surface area contributed by atoms with Crippen LogP contribution in [0, 0.1) is 10.1 Å². The molecule has 0 saturated heterocycles. The molecule has 154 valence electrons. The van der Waals surface area contributed by atoms with Gasteiger partial charge in [0.15, 0.2) is 22.9 Å². The molecule has 10 heteroatoms. The summed E-state index contributed by atoms with van der Waals surface area (Å²) in [4.78, 5) is 38.1. The van der Waals surface area contributed by atoms with Crippen LogP contribution in [0.15, 0.2) is 47.1 Å². The number of methoxy groups -OCH3 is 2. The van der Waals surface area contributed by atoms with E-state index in [-0.39, 0.29) is 34.3 Å². The predicted molar refractivity (Wildman–Crippen MR) is 105 cm³/mol. The molecule has 0 N–H and O–H groups in total. The number of ether oxygens (including phenoxy) is 4. The van der Waals surface area contributed by atoms with Crippen molar-refractivity contribution < 1.29 is 33.5 Å². The van der Waals surface area contributed by atoms with Gasteiger partial charge in [-0.25, -0.2) is 9.79 Å². The molecule has 3 rings (SSSR count). The fourth-order valence-electron chi connectivity index (χ4n) is 2.67. The number of aliphatic imine (C=N–C) groups is 1. The van der Waals surface area contributed by atoms with E-state index in [1.165, 1.54) is 51.5 Å². The van der Waals surface area contributed by atoms with Gasteiger partial charge in [0.2, 0.25) is 5.90 Å². The molecule has 0 amide bonds. The molecule has 0 aliphatic carbocycles. The lowest BCUT2D eigenvalue weighted by Crippen LogP contribution is -2.06. The fourth-order valence-corrected chi connectivity index (χ4v) is 2.67. The van der Waals surface area contributed by atoms with E-state index < -0.39 is 16.9 Å². The second-order valence-corrected chi connectivity index (χ2v) is 5.98. The highest BCUT2D eigenvalue weighted by molar-refractivity contribution is 6.13. The lowest BCUT2D eigenvalue weighted by Gasteiger charge is -2.08. The molecule has 10 nitrogen and oxygen atoms in total. The smallest absolute Gasteiger partial charge is 0.363 e. The first-order valence-electron chi connectivity index (χ1n) is 8.54. The molecule has 0 saturated carbocycles. The van der Waals surface area contributed by atoms with E-state index in [1.54, 1.807) is 12.1 Å². The van der Waals surface area contributed by atoms with Crippen molar-refractivity contribution in [3.05, 3.63) is 63.3 Å². The molecule has 1 heterocycles. The largest absolute Gasteiger partial charge is 0.493 e. The Kier molecular flexibility index (Phi) is 5.77. The highest BCUT2D eigenvalue weighted by Gasteiger charge is 2.26. The van der Waals surface area contributed by atoms with Gasteiger partial charge in [-0.1, -0.05) is 6.07 Å². The Morgan fingerprint density at radius 2 is 1.80 bits per heavy atom. The van der Waals surface area contributed by atoms with Gasteiger partial charge in [-0.15, -0.1) is 0 Å². The zero-order valence-corrected chi connectivity index (χ0v) is 16.2. The zero-order valence-electron chi connectivity index (χ0n) is 16.2. The SMILES string of the molecule is COc1cc(/C=C2\N=C(c3ccc(OC)c([N+](=O)[O-])c3)OC2=O)ccc1OC(C)=O. The van der Waals surface area contributed by atoms with E-state index >= 15 is 0 Å². The number of cyclic esters (lactones) is 1. The molecule has 2 aromatic rings. The first kappa shape index (κ1) is 20.5. The molecular weight excluding hydrogens is 396 g/mol. The van der Waals surface area contributed by atoms with E-state index in [1.807, 2.05) is 0 Å². The van der Waals surface area contributed by atoms with Gasteiger partial charge in [0.05, 0.1) is 19.1 Å². The van der Waals surface area contributed by atoms with Crippen molar-refractivity contribution in [2.75, 3.05) is 14.2 Å². The minimum atomic E-state index is -0.716. The van der Waals surface area contributed by atoms with Gasteiger partial charge in [-0.2, -0.15) is 0 Å². The summed E-state index contributed by atoms with van der Waals surface area (Å²) >= 11 is 0. The van der Waals surface area contributed by atoms with Crippen molar-refractivity contribution >= 4 is 29.6 Å². The standard InChI is InChI=1S/C20H16N2O8/c1-11(23)29-17-6-4-12(9-18(17)28-3)8-14-20(24)30-19(21-14)13-5-7-16(27-2)15(10-13)22(25)26/h4-10H,1-3H3/b14-8-. The van der Waals surface area contributed by atoms with Gasteiger partial charge in [0.25, 0.3) is 0 Å². The summed E-state index contributed by atoms with van der Waals surface area (Å²) in [5.41, 5.74) is 0.505. The highest BCUT2D eigenvalue weighted by Crippen LogP contribution is 2.31. The number of nitro groups is 1. The number of esters is 2. The molecule has 1 aliphatic heterocycles. The van der Waals surface area contributed by atoms with Crippen molar-refractivity contribution in [1.29, 1.82) is 0 Å². The number of hydrogen-bond donors (Lipinski definition) is 0. The van der Waals surface area contributed by atoms with Crippen LogP contribution in [0.2, 0.25) is 0 Å². The average Bonchev–Trinajstić information content (AvgIpc) is 3.08. The maximum atomic E-state index is 12.2. The summed E-state index contributed by atoms with van der Waals surface area (Å²) in [5, 5.41) is 11.2. The third kappa shape index (κ3) is 4.27. The monoisotopic (exact) mass is 412 g/mol. The summed E-state index contributed by atoms with van der Waals surface area (Å²) < 4.78 is 20.3. The third-order valence-electron chi connectivity index (χ3n) is 3.99. The summed E-state index contributed by atoms with van der Waals surface area (Å²) in [6, 6.07) is 8.79. The van der Waals surface area contributed by atoms with Crippen LogP contribution in [0.5, 0.6) is 17.2 Å². The zero-order chi connectivity index (χ0) is 21.8. The third-order valence-corrected chi connectivity index (χ3v) is 3.99. The second kappa shape index (κ2) is 8.43. The normalized spacial score (nSPS) is 14.2. The van der Waals surface area contributed by atoms with Gasteiger partial charge in [0.1, 0.15) is 0 Å². The van der Waals surface area contributed by atoms with Crippen LogP contribution >= 0.6 is 0 Å². The molecule has 2 aromatic carbocycles. The van der Waals surface area contributed by atoms with Gasteiger partial charge in [-0.05, 0) is 35.9 Å². The maximum absolute atomic E-state index is 12.2. The molecule has 30 heavy (non-hydrogen) atoms. The molecule has 0 aromatic heterocycles. The van der Waals surface area contributed by atoms with Crippen LogP contribution in [0.25, 0.3) is 6.08 Å². The Hall–Kier alpha value is -4.21. The molecule has 0 spiro atoms. The molecule has 1 aliphatic rings. The average molecular weight is 412 g/mol. The van der Waals surface area contributed by atoms with E-state index in [2.05, 4.69) is 4.99 Å². The van der Waals surface area contributed by atoms with Crippen LogP contribution < -0.4 is 14.2 Å². The van der Waals surface area contributed by atoms with Crippen LogP contribution in [0.3, 0.4) is 0 Å². The van der Waals surface area contributed by atoms with E-state index in [9.17, 15) is 19.7 Å². The lowest BCUT2D eigenvalue weighted by atomic mass is 10.1. The van der Waals surface area contributed by atoms with Crippen LogP contribution in [-0.2, 0) is 14.3 Å². The van der Waals surface area contributed by atoms with Gasteiger partial charge < -0.3 is 18.9 Å². The second-order valence-electron chi connectivity index (χ2n) is 5.98. The Labute approximate surface area is 170 Å². The number of carbonyl (C=O) groups is 2. The number of nitrogens with zero attached hydrogens (tertiary/aromatic N) is 2. The number of carbonyl (C=O) groups excluding carboxylic acids is 2. The number of rotatable bonds is 6. The molecule has 0 fully saturated rings. The highest BCUT2D eigenvalue weighted by atomic mass is 16.6. The maximum Gasteiger partial charge on any atom is 0.363 e. The fraction of sp³-hybridized carbons (Fsp3) is 0.150. The van der Waals surface area contributed by atoms with Crippen LogP contribution in [0.4, 0.5) is 5.69 Å². The quantitative estimate of drug-likeness (QED) is 0.233. The Bertz CT molecular complexity index is 1100. The topological polar surface area (TPSA) is 127 Å². The predicted octanol–water partition coefficient (Wildman–Crippen LogP) is 2.88. The molecule has 0 radical (unpaired) electrons. The Morgan fingerprint density at radius 3 is 2.43 bits per heavy atom. The van der Waals surface area contributed by atoms with E-state index in [4.69, 9.17) is 18.9 Å². The lowest BCUT2D eigenvalue weighted by molar-refractivity contribution is -0.385. The van der Waals surface area contributed by atoms with Gasteiger partial charge in [0, 0.05) is 18.6 Å². The van der Waals surface area contributed by atoms with E-state index in [0.29, 0.717) is 11.3 Å². The van der Waals surface area contributed by atoms with Crippen molar-refractivity contribution in [3.63, 3.8) is 0 Å². The molecule has 0 atom stereocenters. The summed E-state index contributed by atoms with van der Waals surface area (Å²) in [6.45, 7) is 1.27. The summed E-state index contributed by atoms with van der Waals surface area (Å²) in [6.07, 6.45) is 1.45. The van der Waals surface area contributed by atoms with Crippen molar-refractivity contribution in [2.24, 2.45) is 4.99 Å². The first-order chi connectivity index (χ1) is 14.3. The minimum absolute atomic E-state index is 0.00856. The summed E-state index contributed by atoms with van der Waals surface area (Å²) in [5.74, 6) is -0.685. The van der Waals surface area contributed by atoms with Gasteiger partial charge in [-0.3, -0.25) is 14.9 Å². The van der Waals surface area contributed by atoms with Crippen molar-refractivity contribution in [2.45, 2.75) is 6.92 Å². The number of nitro benzene ring substituents is 1. The first-order valence-corrected chi connectivity index (χ1v) is 8.54. The number of benzene rings is 2. The summed E-state index contributed by atoms with van der Waals surface area (Å²) in [7, 11) is 2.73. The van der Waals surface area contributed by atoms with Gasteiger partial charge >= 0.3 is 17.6 Å². The Balaban J connectivity index is 1.94. The minimum Gasteiger partial charge on any atom is -0.493 e.